The first kappa shape index (κ1) is 14.2. The zero-order chi connectivity index (χ0) is 15.0. The number of phenolic OH excluding ortho intramolecular Hbond substituents is 1. The molecule has 1 aliphatic rings. The molecule has 0 aromatic heterocycles. The number of hydrogen-bond acceptors (Lipinski definition) is 5. The van der Waals surface area contributed by atoms with E-state index in [1.54, 1.807) is 0 Å². The SMILES string of the molecule is CC(=O)O[C@@H]1Cc2c(C(=O)O)c(O)cc(O)c2[C@@H](C)C1. The molecule has 0 aliphatic heterocycles. The van der Waals surface area contributed by atoms with Crippen molar-refractivity contribution in [1.29, 1.82) is 0 Å². The van der Waals surface area contributed by atoms with Crippen LogP contribution in [-0.4, -0.2) is 33.4 Å². The lowest BCUT2D eigenvalue weighted by Crippen LogP contribution is -2.28. The maximum Gasteiger partial charge on any atom is 0.339 e. The summed E-state index contributed by atoms with van der Waals surface area (Å²) in [5.41, 5.74) is 0.602. The van der Waals surface area contributed by atoms with Gasteiger partial charge in [-0.05, 0) is 17.9 Å². The maximum absolute atomic E-state index is 11.3. The van der Waals surface area contributed by atoms with Crippen LogP contribution in [0.4, 0.5) is 0 Å². The number of carboxylic acid groups (broad SMARTS) is 1. The number of carbonyl (C=O) groups is 2. The van der Waals surface area contributed by atoms with E-state index in [0.29, 0.717) is 17.5 Å². The molecule has 20 heavy (non-hydrogen) atoms. The number of esters is 1. The lowest BCUT2D eigenvalue weighted by atomic mass is 9.79. The molecule has 0 spiro atoms. The van der Waals surface area contributed by atoms with E-state index in [4.69, 9.17) is 4.74 Å². The Kier molecular flexibility index (Phi) is 3.57. The molecule has 0 fully saturated rings. The molecule has 1 aromatic rings. The molecule has 0 heterocycles. The molecule has 1 aromatic carbocycles. The number of rotatable bonds is 2. The summed E-state index contributed by atoms with van der Waals surface area (Å²) in [6, 6.07) is 1.05. The molecule has 0 radical (unpaired) electrons. The quantitative estimate of drug-likeness (QED) is 0.713. The van der Waals surface area contributed by atoms with Crippen molar-refractivity contribution in [2.75, 3.05) is 0 Å². The molecule has 3 N–H and O–H groups in total. The Labute approximate surface area is 115 Å². The largest absolute Gasteiger partial charge is 0.508 e. The Morgan fingerprint density at radius 3 is 2.50 bits per heavy atom. The first-order chi connectivity index (χ1) is 9.31. The summed E-state index contributed by atoms with van der Waals surface area (Å²) >= 11 is 0. The number of fused-ring (bicyclic) bond motifs is 1. The van der Waals surface area contributed by atoms with E-state index in [9.17, 15) is 24.9 Å². The highest BCUT2D eigenvalue weighted by molar-refractivity contribution is 5.93. The number of phenols is 2. The maximum atomic E-state index is 11.3. The number of aromatic hydroxyl groups is 2. The lowest BCUT2D eigenvalue weighted by Gasteiger charge is -2.30. The average Bonchev–Trinajstić information content (AvgIpc) is 2.25. The van der Waals surface area contributed by atoms with Crippen LogP contribution in [0.15, 0.2) is 6.07 Å². The van der Waals surface area contributed by atoms with Gasteiger partial charge in [0.1, 0.15) is 23.2 Å². The topological polar surface area (TPSA) is 104 Å². The molecule has 2 atom stereocenters. The molecule has 0 bridgehead atoms. The van der Waals surface area contributed by atoms with Gasteiger partial charge in [0.2, 0.25) is 0 Å². The second-order valence-corrected chi connectivity index (χ2v) is 5.06. The molecule has 0 unspecified atom stereocenters. The average molecular weight is 280 g/mol. The molecule has 0 saturated carbocycles. The minimum Gasteiger partial charge on any atom is -0.508 e. The molecule has 0 amide bonds. The molecule has 0 saturated heterocycles. The standard InChI is InChI=1S/C14H16O6/c1-6-3-8(20-7(2)15)4-9-12(6)10(16)5-11(17)13(9)14(18)19/h5-6,8,16-17H,3-4H2,1-2H3,(H,18,19)/t6-,8-/m0/s1. The van der Waals surface area contributed by atoms with E-state index in [-0.39, 0.29) is 23.7 Å². The Morgan fingerprint density at radius 1 is 1.30 bits per heavy atom. The van der Waals surface area contributed by atoms with Gasteiger partial charge < -0.3 is 20.1 Å². The van der Waals surface area contributed by atoms with Crippen molar-refractivity contribution in [1.82, 2.24) is 0 Å². The van der Waals surface area contributed by atoms with Gasteiger partial charge in [-0.15, -0.1) is 0 Å². The predicted molar refractivity (Wildman–Crippen MR) is 69.0 cm³/mol. The van der Waals surface area contributed by atoms with Crippen LogP contribution in [0.5, 0.6) is 11.5 Å². The summed E-state index contributed by atoms with van der Waals surface area (Å²) in [5.74, 6) is -2.48. The van der Waals surface area contributed by atoms with Crippen molar-refractivity contribution in [3.05, 3.63) is 22.8 Å². The van der Waals surface area contributed by atoms with Crippen molar-refractivity contribution in [3.63, 3.8) is 0 Å². The van der Waals surface area contributed by atoms with Crippen molar-refractivity contribution in [3.8, 4) is 11.5 Å². The first-order valence-electron chi connectivity index (χ1n) is 6.29. The Hall–Kier alpha value is -2.24. The van der Waals surface area contributed by atoms with Crippen LogP contribution in [0.3, 0.4) is 0 Å². The third kappa shape index (κ3) is 2.41. The Bertz CT molecular complexity index is 578. The Balaban J connectivity index is 2.54. The molecular weight excluding hydrogens is 264 g/mol. The summed E-state index contributed by atoms with van der Waals surface area (Å²) in [6.45, 7) is 3.11. The van der Waals surface area contributed by atoms with Crippen LogP contribution in [0.25, 0.3) is 0 Å². The molecular formula is C14H16O6. The second-order valence-electron chi connectivity index (χ2n) is 5.06. The first-order valence-corrected chi connectivity index (χ1v) is 6.29. The summed E-state index contributed by atoms with van der Waals surface area (Å²) < 4.78 is 5.14. The van der Waals surface area contributed by atoms with E-state index in [1.165, 1.54) is 6.92 Å². The van der Waals surface area contributed by atoms with Crippen LogP contribution >= 0.6 is 0 Å². The van der Waals surface area contributed by atoms with Gasteiger partial charge in [0.05, 0.1) is 0 Å². The fourth-order valence-electron chi connectivity index (χ4n) is 2.87. The second kappa shape index (κ2) is 5.03. The number of ether oxygens (including phenoxy) is 1. The van der Waals surface area contributed by atoms with Gasteiger partial charge in [-0.3, -0.25) is 4.79 Å². The van der Waals surface area contributed by atoms with Gasteiger partial charge in [-0.1, -0.05) is 6.92 Å². The third-order valence-electron chi connectivity index (χ3n) is 3.52. The summed E-state index contributed by atoms with van der Waals surface area (Å²) in [7, 11) is 0. The molecule has 108 valence electrons. The van der Waals surface area contributed by atoms with Crippen LogP contribution in [0.2, 0.25) is 0 Å². The number of aromatic carboxylic acids is 1. The summed E-state index contributed by atoms with van der Waals surface area (Å²) in [6.07, 6.45) is 0.224. The van der Waals surface area contributed by atoms with Crippen molar-refractivity contribution in [2.45, 2.75) is 38.7 Å². The van der Waals surface area contributed by atoms with E-state index in [0.717, 1.165) is 6.07 Å². The van der Waals surface area contributed by atoms with E-state index < -0.39 is 23.8 Å². The van der Waals surface area contributed by atoms with Crippen LogP contribution in [0, 0.1) is 0 Å². The highest BCUT2D eigenvalue weighted by Gasteiger charge is 2.33. The van der Waals surface area contributed by atoms with Gasteiger partial charge >= 0.3 is 11.9 Å². The van der Waals surface area contributed by atoms with Gasteiger partial charge in [-0.25, -0.2) is 4.79 Å². The smallest absolute Gasteiger partial charge is 0.339 e. The van der Waals surface area contributed by atoms with E-state index in [1.807, 2.05) is 6.92 Å². The number of benzene rings is 1. The number of hydrogen-bond donors (Lipinski definition) is 3. The van der Waals surface area contributed by atoms with Gasteiger partial charge in [0, 0.05) is 25.0 Å². The van der Waals surface area contributed by atoms with E-state index in [2.05, 4.69) is 0 Å². The molecule has 2 rings (SSSR count). The lowest BCUT2D eigenvalue weighted by molar-refractivity contribution is -0.147. The fourth-order valence-corrected chi connectivity index (χ4v) is 2.87. The van der Waals surface area contributed by atoms with Crippen molar-refractivity contribution in [2.24, 2.45) is 0 Å². The minimum absolute atomic E-state index is 0.128. The zero-order valence-corrected chi connectivity index (χ0v) is 11.2. The fraction of sp³-hybridized carbons (Fsp3) is 0.429. The van der Waals surface area contributed by atoms with E-state index >= 15 is 0 Å². The predicted octanol–water partition coefficient (Wildman–Crippen LogP) is 1.78. The summed E-state index contributed by atoms with van der Waals surface area (Å²) in [5, 5.41) is 28.9. The monoisotopic (exact) mass is 280 g/mol. The van der Waals surface area contributed by atoms with Crippen molar-refractivity contribution < 1.29 is 29.6 Å². The number of carbonyl (C=O) groups excluding carboxylic acids is 1. The van der Waals surface area contributed by atoms with Crippen molar-refractivity contribution >= 4 is 11.9 Å². The highest BCUT2D eigenvalue weighted by Crippen LogP contribution is 2.43. The Morgan fingerprint density at radius 2 is 1.95 bits per heavy atom. The normalized spacial score (nSPS) is 21.1. The molecule has 6 heteroatoms. The zero-order valence-electron chi connectivity index (χ0n) is 11.2. The third-order valence-corrected chi connectivity index (χ3v) is 3.52. The minimum atomic E-state index is -1.27. The molecule has 1 aliphatic carbocycles. The number of carboxylic acids is 1. The van der Waals surface area contributed by atoms with Crippen LogP contribution in [-0.2, 0) is 16.0 Å². The molecule has 6 nitrogen and oxygen atoms in total. The highest BCUT2D eigenvalue weighted by atomic mass is 16.5. The van der Waals surface area contributed by atoms with Gasteiger partial charge in [0.25, 0.3) is 0 Å². The van der Waals surface area contributed by atoms with Gasteiger partial charge in [-0.2, -0.15) is 0 Å². The summed E-state index contributed by atoms with van der Waals surface area (Å²) in [4.78, 5) is 22.3. The van der Waals surface area contributed by atoms with Crippen LogP contribution in [0.1, 0.15) is 47.7 Å². The van der Waals surface area contributed by atoms with Crippen LogP contribution < -0.4 is 0 Å². The van der Waals surface area contributed by atoms with Gasteiger partial charge in [0.15, 0.2) is 0 Å².